The molecule has 7 heteroatoms. The van der Waals surface area contributed by atoms with Crippen LogP contribution < -0.4 is 9.64 Å². The molecule has 1 aliphatic heterocycles. The van der Waals surface area contributed by atoms with Crippen molar-refractivity contribution in [3.8, 4) is 5.75 Å². The van der Waals surface area contributed by atoms with Crippen LogP contribution in [0.15, 0.2) is 64.7 Å². The van der Waals surface area contributed by atoms with Gasteiger partial charge in [0.1, 0.15) is 17.3 Å². The lowest BCUT2D eigenvalue weighted by Gasteiger charge is -2.23. The van der Waals surface area contributed by atoms with Crippen LogP contribution in [-0.4, -0.2) is 28.6 Å². The zero-order valence-corrected chi connectivity index (χ0v) is 18.2. The second-order valence-corrected chi connectivity index (χ2v) is 7.52. The van der Waals surface area contributed by atoms with E-state index < -0.39 is 17.7 Å². The molecule has 1 aliphatic rings. The van der Waals surface area contributed by atoms with E-state index in [1.807, 2.05) is 38.1 Å². The molecule has 0 bridgehead atoms. The maximum atomic E-state index is 13.1. The van der Waals surface area contributed by atoms with Gasteiger partial charge >= 0.3 is 5.91 Å². The van der Waals surface area contributed by atoms with Crippen LogP contribution in [0.4, 0.5) is 5.82 Å². The van der Waals surface area contributed by atoms with Crippen LogP contribution in [0.2, 0.25) is 0 Å². The zero-order chi connectivity index (χ0) is 22.8. The Balaban J connectivity index is 1.86. The van der Waals surface area contributed by atoms with Gasteiger partial charge in [0, 0.05) is 11.6 Å². The van der Waals surface area contributed by atoms with Gasteiger partial charge in [0.2, 0.25) is 0 Å². The zero-order valence-electron chi connectivity index (χ0n) is 18.2. The fraction of sp³-hybridized carbons (Fsp3) is 0.240. The quantitative estimate of drug-likeness (QED) is 0.348. The average Bonchev–Trinajstić information content (AvgIpc) is 3.34. The van der Waals surface area contributed by atoms with Gasteiger partial charge in [0.15, 0.2) is 5.82 Å². The van der Waals surface area contributed by atoms with Crippen LogP contribution in [0.3, 0.4) is 0 Å². The van der Waals surface area contributed by atoms with E-state index in [1.165, 1.54) is 4.90 Å². The Morgan fingerprint density at radius 3 is 2.34 bits per heavy atom. The van der Waals surface area contributed by atoms with E-state index in [0.29, 0.717) is 29.2 Å². The van der Waals surface area contributed by atoms with E-state index in [2.05, 4.69) is 5.16 Å². The standard InChI is InChI=1S/C25H24N2O5/c1-4-16-6-8-17(9-7-16)22-21(23(28)18-10-12-19(13-11-18)31-5-2)24(29)25(30)27(22)20-14-15(3)32-26-20/h6-14,22,28H,4-5H2,1-3H3/b23-21-. The summed E-state index contributed by atoms with van der Waals surface area (Å²) in [6, 6.07) is 15.1. The Labute approximate surface area is 185 Å². The van der Waals surface area contributed by atoms with Crippen LogP contribution in [-0.2, 0) is 16.0 Å². The van der Waals surface area contributed by atoms with Crippen molar-refractivity contribution < 1.29 is 24.0 Å². The Morgan fingerprint density at radius 1 is 1.09 bits per heavy atom. The van der Waals surface area contributed by atoms with Gasteiger partial charge in [-0.1, -0.05) is 36.3 Å². The predicted octanol–water partition coefficient (Wildman–Crippen LogP) is 4.57. The SMILES string of the molecule is CCOc1ccc(/C(O)=C2/C(=O)C(=O)N(c3cc(C)on3)C2c2ccc(CC)cc2)cc1. The molecule has 0 saturated carbocycles. The lowest BCUT2D eigenvalue weighted by atomic mass is 9.94. The van der Waals surface area contributed by atoms with Gasteiger partial charge in [-0.05, 0) is 55.7 Å². The molecule has 1 saturated heterocycles. The predicted molar refractivity (Wildman–Crippen MR) is 119 cm³/mol. The summed E-state index contributed by atoms with van der Waals surface area (Å²) in [6.07, 6.45) is 0.856. The van der Waals surface area contributed by atoms with Crippen LogP contribution >= 0.6 is 0 Å². The molecular weight excluding hydrogens is 408 g/mol. The van der Waals surface area contributed by atoms with Gasteiger partial charge in [0.25, 0.3) is 5.78 Å². The molecule has 7 nitrogen and oxygen atoms in total. The maximum absolute atomic E-state index is 13.1. The van der Waals surface area contributed by atoms with Crippen molar-refractivity contribution in [2.45, 2.75) is 33.2 Å². The molecule has 32 heavy (non-hydrogen) atoms. The fourth-order valence-electron chi connectivity index (χ4n) is 3.82. The van der Waals surface area contributed by atoms with E-state index in [9.17, 15) is 14.7 Å². The number of anilines is 1. The minimum absolute atomic E-state index is 0.00376. The molecule has 0 radical (unpaired) electrons. The van der Waals surface area contributed by atoms with Crippen LogP contribution in [0, 0.1) is 6.92 Å². The van der Waals surface area contributed by atoms with Crippen LogP contribution in [0.5, 0.6) is 5.75 Å². The molecule has 1 unspecified atom stereocenters. The number of amides is 1. The smallest absolute Gasteiger partial charge is 0.301 e. The number of carbonyl (C=O) groups is 2. The largest absolute Gasteiger partial charge is 0.507 e. The van der Waals surface area contributed by atoms with Gasteiger partial charge in [-0.2, -0.15) is 0 Å². The molecule has 1 amide bonds. The number of hydrogen-bond donors (Lipinski definition) is 1. The summed E-state index contributed by atoms with van der Waals surface area (Å²) < 4.78 is 10.6. The number of hydrogen-bond acceptors (Lipinski definition) is 6. The third kappa shape index (κ3) is 3.77. The highest BCUT2D eigenvalue weighted by Gasteiger charge is 2.48. The maximum Gasteiger partial charge on any atom is 0.301 e. The van der Waals surface area contributed by atoms with E-state index in [4.69, 9.17) is 9.26 Å². The average molecular weight is 432 g/mol. The molecule has 1 atom stereocenters. The highest BCUT2D eigenvalue weighted by Crippen LogP contribution is 2.42. The molecular formula is C25H24N2O5. The van der Waals surface area contributed by atoms with E-state index in [0.717, 1.165) is 12.0 Å². The third-order valence-corrected chi connectivity index (χ3v) is 5.45. The van der Waals surface area contributed by atoms with E-state index >= 15 is 0 Å². The van der Waals surface area contributed by atoms with Gasteiger partial charge in [-0.15, -0.1) is 0 Å². The van der Waals surface area contributed by atoms with E-state index in [1.54, 1.807) is 37.3 Å². The number of Topliss-reactive ketones (excluding diaryl/α,β-unsaturated/α-hetero) is 1. The molecule has 164 valence electrons. The van der Waals surface area contributed by atoms with Crippen molar-refractivity contribution in [2.24, 2.45) is 0 Å². The first-order chi connectivity index (χ1) is 15.4. The Morgan fingerprint density at radius 2 is 1.78 bits per heavy atom. The molecule has 1 N–H and O–H groups in total. The van der Waals surface area contributed by atoms with Crippen LogP contribution in [0.25, 0.3) is 5.76 Å². The lowest BCUT2D eigenvalue weighted by Crippen LogP contribution is -2.29. The van der Waals surface area contributed by atoms with Crippen LogP contribution in [0.1, 0.15) is 42.3 Å². The van der Waals surface area contributed by atoms with Crippen molar-refractivity contribution in [1.82, 2.24) is 5.16 Å². The van der Waals surface area contributed by atoms with Gasteiger partial charge < -0.3 is 14.4 Å². The summed E-state index contributed by atoms with van der Waals surface area (Å²) in [5, 5.41) is 15.1. The summed E-state index contributed by atoms with van der Waals surface area (Å²) in [7, 11) is 0. The number of ether oxygens (including phenoxy) is 1. The Hall–Kier alpha value is -3.87. The van der Waals surface area contributed by atoms with Crippen molar-refractivity contribution in [3.63, 3.8) is 0 Å². The fourth-order valence-corrected chi connectivity index (χ4v) is 3.82. The topological polar surface area (TPSA) is 92.9 Å². The Kier molecular flexibility index (Phi) is 5.81. The van der Waals surface area contributed by atoms with Gasteiger partial charge in [-0.25, -0.2) is 0 Å². The molecule has 2 heterocycles. The number of benzene rings is 2. The molecule has 0 aliphatic carbocycles. The third-order valence-electron chi connectivity index (χ3n) is 5.45. The molecule has 1 fully saturated rings. The van der Waals surface area contributed by atoms with Gasteiger partial charge in [-0.3, -0.25) is 14.5 Å². The molecule has 2 aromatic carbocycles. The molecule has 0 spiro atoms. The first-order valence-corrected chi connectivity index (χ1v) is 10.5. The number of aliphatic hydroxyl groups is 1. The number of carbonyl (C=O) groups excluding carboxylic acids is 2. The number of ketones is 1. The van der Waals surface area contributed by atoms with Crippen molar-refractivity contribution in [3.05, 3.63) is 82.6 Å². The minimum Gasteiger partial charge on any atom is -0.507 e. The second kappa shape index (κ2) is 8.70. The van der Waals surface area contributed by atoms with Crippen molar-refractivity contribution in [2.75, 3.05) is 11.5 Å². The monoisotopic (exact) mass is 432 g/mol. The molecule has 4 rings (SSSR count). The summed E-state index contributed by atoms with van der Waals surface area (Å²) in [6.45, 7) is 6.15. The normalized spacial score (nSPS) is 17.7. The highest BCUT2D eigenvalue weighted by molar-refractivity contribution is 6.51. The van der Waals surface area contributed by atoms with E-state index in [-0.39, 0.29) is 17.2 Å². The second-order valence-electron chi connectivity index (χ2n) is 7.52. The highest BCUT2D eigenvalue weighted by atomic mass is 16.5. The first-order valence-electron chi connectivity index (χ1n) is 10.5. The summed E-state index contributed by atoms with van der Waals surface area (Å²) in [5.74, 6) is -0.418. The Bertz CT molecular complexity index is 1180. The number of rotatable bonds is 6. The summed E-state index contributed by atoms with van der Waals surface area (Å²) in [5.41, 5.74) is 2.23. The number of aliphatic hydroxyl groups excluding tert-OH is 1. The minimum atomic E-state index is -0.836. The van der Waals surface area contributed by atoms with Crippen molar-refractivity contribution >= 4 is 23.3 Å². The van der Waals surface area contributed by atoms with Gasteiger partial charge in [0.05, 0.1) is 18.2 Å². The summed E-state index contributed by atoms with van der Waals surface area (Å²) in [4.78, 5) is 27.4. The number of nitrogens with zero attached hydrogens (tertiary/aromatic N) is 2. The molecule has 3 aromatic rings. The first kappa shape index (κ1) is 21.4. The number of aryl methyl sites for hydroxylation is 2. The summed E-state index contributed by atoms with van der Waals surface area (Å²) >= 11 is 0. The lowest BCUT2D eigenvalue weighted by molar-refractivity contribution is -0.132. The molecule has 1 aromatic heterocycles. The van der Waals surface area contributed by atoms with Crippen molar-refractivity contribution in [1.29, 1.82) is 0 Å². The number of aromatic nitrogens is 1.